The van der Waals surface area contributed by atoms with Gasteiger partial charge in [0.1, 0.15) is 18.5 Å². The van der Waals surface area contributed by atoms with Gasteiger partial charge in [0, 0.05) is 13.5 Å². The minimum absolute atomic E-state index is 0.0680. The van der Waals surface area contributed by atoms with Gasteiger partial charge in [0.25, 0.3) is 0 Å². The zero-order valence-electron chi connectivity index (χ0n) is 26.1. The summed E-state index contributed by atoms with van der Waals surface area (Å²) in [5, 5.41) is -0.265. The van der Waals surface area contributed by atoms with Gasteiger partial charge in [-0.1, -0.05) is 41.5 Å². The first-order valence-electron chi connectivity index (χ1n) is 13.5. The number of carbonyl (C=O) groups excluding carboxylic acids is 3. The maximum Gasteiger partial charge on any atom is 0.324 e. The van der Waals surface area contributed by atoms with Gasteiger partial charge in [0.15, 0.2) is 34.4 Å². The van der Waals surface area contributed by atoms with Crippen molar-refractivity contribution >= 4 is 34.9 Å². The van der Waals surface area contributed by atoms with Crippen molar-refractivity contribution in [2.45, 2.75) is 136 Å². The maximum atomic E-state index is 13.6. The van der Waals surface area contributed by atoms with Crippen LogP contribution in [0.3, 0.4) is 0 Å². The molecule has 38 heavy (non-hydrogen) atoms. The summed E-state index contributed by atoms with van der Waals surface area (Å²) >= 11 is 0. The molecule has 0 amide bonds. The number of aldehydes is 1. The third-order valence-electron chi connectivity index (χ3n) is 8.34. The summed E-state index contributed by atoms with van der Waals surface area (Å²) in [5.74, 6) is -1.68. The van der Waals surface area contributed by atoms with Gasteiger partial charge in [-0.2, -0.15) is 0 Å². The van der Waals surface area contributed by atoms with Crippen LogP contribution in [0, 0.1) is 5.41 Å². The highest BCUT2D eigenvalue weighted by molar-refractivity contribution is 6.74. The third kappa shape index (κ3) is 7.75. The number of methoxy groups -OCH3 is 1. The summed E-state index contributed by atoms with van der Waals surface area (Å²) in [7, 11) is -3.25. The summed E-state index contributed by atoms with van der Waals surface area (Å²) in [6, 6.07) is 0. The summed E-state index contributed by atoms with van der Waals surface area (Å²) in [5.41, 5.74) is -1.80. The smallest absolute Gasteiger partial charge is 0.324 e. The van der Waals surface area contributed by atoms with Gasteiger partial charge in [0.2, 0.25) is 0 Å². The van der Waals surface area contributed by atoms with Crippen LogP contribution in [0.5, 0.6) is 0 Å². The van der Waals surface area contributed by atoms with Crippen molar-refractivity contribution in [3.63, 3.8) is 0 Å². The van der Waals surface area contributed by atoms with Crippen LogP contribution in [0.4, 0.5) is 0 Å². The van der Waals surface area contributed by atoms with Crippen molar-refractivity contribution in [3.05, 3.63) is 0 Å². The molecule has 9 nitrogen and oxygen atoms in total. The first-order chi connectivity index (χ1) is 17.1. The number of rotatable bonds is 11. The molecule has 1 aliphatic heterocycles. The van der Waals surface area contributed by atoms with Crippen LogP contribution in [-0.2, 0) is 42.2 Å². The Morgan fingerprint density at radius 1 is 0.842 bits per heavy atom. The fourth-order valence-corrected chi connectivity index (χ4v) is 6.16. The highest BCUT2D eigenvalue weighted by Gasteiger charge is 2.56. The predicted octanol–water partition coefficient (Wildman–Crippen LogP) is 5.23. The standard InChI is InChI=1S/C27H52O9Si2/c1-15-32-23(29)27(9,16-17-28)24(30)34-19-18(2)33-22(31-10)21(36-38(13,14)26(6,7)8)20(19)35-37(11,12)25(3,4)5/h17-22H,15-16H2,1-14H3/t18-,19-,20+,21-,22+,27-/m1/s1. The zero-order chi connectivity index (χ0) is 29.9. The molecule has 0 aromatic heterocycles. The molecular formula is C27H52O9Si2. The minimum atomic E-state index is -2.43. The summed E-state index contributed by atoms with van der Waals surface area (Å²) < 4.78 is 36.8. The Hall–Kier alpha value is -1.12. The quantitative estimate of drug-likeness (QED) is 0.141. The topological polar surface area (TPSA) is 107 Å². The fraction of sp³-hybridized carbons (Fsp3) is 0.889. The highest BCUT2D eigenvalue weighted by Crippen LogP contribution is 2.44. The second-order valence-electron chi connectivity index (χ2n) is 13.4. The Morgan fingerprint density at radius 3 is 1.71 bits per heavy atom. The molecule has 0 saturated carbocycles. The molecule has 0 unspecified atom stereocenters. The van der Waals surface area contributed by atoms with E-state index in [4.69, 9.17) is 27.8 Å². The van der Waals surface area contributed by atoms with Crippen molar-refractivity contribution in [1.82, 2.24) is 0 Å². The van der Waals surface area contributed by atoms with Crippen molar-refractivity contribution in [2.24, 2.45) is 5.41 Å². The second-order valence-corrected chi connectivity index (χ2v) is 22.9. The van der Waals surface area contributed by atoms with Gasteiger partial charge < -0.3 is 32.6 Å². The normalized spacial score (nSPS) is 26.8. The Morgan fingerprint density at radius 2 is 1.32 bits per heavy atom. The monoisotopic (exact) mass is 576 g/mol. The molecule has 0 radical (unpaired) electrons. The number of hydrogen-bond donors (Lipinski definition) is 0. The van der Waals surface area contributed by atoms with Crippen molar-refractivity contribution in [3.8, 4) is 0 Å². The number of carbonyl (C=O) groups is 3. The molecule has 1 rings (SSSR count). The van der Waals surface area contributed by atoms with E-state index in [1.165, 1.54) is 6.92 Å². The first-order valence-corrected chi connectivity index (χ1v) is 19.3. The number of ether oxygens (including phenoxy) is 4. The van der Waals surface area contributed by atoms with E-state index in [-0.39, 0.29) is 23.1 Å². The Balaban J connectivity index is 3.64. The lowest BCUT2D eigenvalue weighted by molar-refractivity contribution is -0.284. The van der Waals surface area contributed by atoms with E-state index < -0.39 is 64.7 Å². The molecule has 6 atom stereocenters. The summed E-state index contributed by atoms with van der Waals surface area (Å²) in [4.78, 5) is 37.7. The van der Waals surface area contributed by atoms with Crippen LogP contribution in [0.25, 0.3) is 0 Å². The van der Waals surface area contributed by atoms with E-state index in [0.717, 1.165) is 0 Å². The zero-order valence-corrected chi connectivity index (χ0v) is 28.1. The van der Waals surface area contributed by atoms with Gasteiger partial charge in [-0.15, -0.1) is 0 Å². The molecule has 1 saturated heterocycles. The Kier molecular flexibility index (Phi) is 11.6. The molecule has 1 aliphatic rings. The van der Waals surface area contributed by atoms with Gasteiger partial charge in [-0.3, -0.25) is 9.59 Å². The largest absolute Gasteiger partial charge is 0.465 e. The lowest BCUT2D eigenvalue weighted by Gasteiger charge is -2.51. The van der Waals surface area contributed by atoms with Crippen molar-refractivity contribution < 1.29 is 42.2 Å². The number of hydrogen-bond acceptors (Lipinski definition) is 9. The number of esters is 2. The average Bonchev–Trinajstić information content (AvgIpc) is 2.76. The van der Waals surface area contributed by atoms with Crippen LogP contribution in [0.2, 0.25) is 36.3 Å². The summed E-state index contributed by atoms with van der Waals surface area (Å²) in [6.07, 6.45) is -3.58. The molecule has 0 aromatic carbocycles. The van der Waals surface area contributed by atoms with Crippen LogP contribution in [-0.4, -0.2) is 79.3 Å². The van der Waals surface area contributed by atoms with Gasteiger partial charge in [0.05, 0.1) is 12.7 Å². The van der Waals surface area contributed by atoms with Crippen LogP contribution in [0.1, 0.15) is 68.7 Å². The SMILES string of the molecule is CCOC(=O)[C@@](C)(CC=O)C(=O)O[C@H]1[C@H](O[Si](C)(C)C(C)(C)C)[C@@H](O[Si](C)(C)C(C)(C)C)[C@@H](OC)O[C@@H]1C. The van der Waals surface area contributed by atoms with Gasteiger partial charge in [-0.25, -0.2) is 0 Å². The predicted molar refractivity (Wildman–Crippen MR) is 151 cm³/mol. The summed E-state index contributed by atoms with van der Waals surface area (Å²) in [6.45, 7) is 26.1. The molecule has 0 aliphatic carbocycles. The molecule has 11 heteroatoms. The van der Waals surface area contributed by atoms with E-state index in [2.05, 4.69) is 67.7 Å². The Bertz CT molecular complexity index is 831. The van der Waals surface area contributed by atoms with Gasteiger partial charge >= 0.3 is 11.9 Å². The molecule has 0 N–H and O–H groups in total. The molecule has 0 aromatic rings. The maximum absolute atomic E-state index is 13.6. The molecule has 1 fully saturated rings. The van der Waals surface area contributed by atoms with E-state index in [1.54, 1.807) is 21.0 Å². The van der Waals surface area contributed by atoms with Crippen molar-refractivity contribution in [1.29, 1.82) is 0 Å². The minimum Gasteiger partial charge on any atom is -0.465 e. The molecule has 1 heterocycles. The van der Waals surface area contributed by atoms with Crippen LogP contribution >= 0.6 is 0 Å². The van der Waals surface area contributed by atoms with E-state index in [9.17, 15) is 14.4 Å². The lowest BCUT2D eigenvalue weighted by atomic mass is 9.87. The van der Waals surface area contributed by atoms with Gasteiger partial charge in [-0.05, 0) is 57.0 Å². The Labute approximate surface area is 231 Å². The molecule has 0 spiro atoms. The first kappa shape index (κ1) is 34.9. The average molecular weight is 577 g/mol. The van der Waals surface area contributed by atoms with E-state index in [0.29, 0.717) is 6.29 Å². The van der Waals surface area contributed by atoms with Crippen LogP contribution < -0.4 is 0 Å². The molecule has 0 bridgehead atoms. The molecule has 222 valence electrons. The molecular weight excluding hydrogens is 524 g/mol. The van der Waals surface area contributed by atoms with E-state index in [1.807, 2.05) is 0 Å². The second kappa shape index (κ2) is 12.6. The third-order valence-corrected chi connectivity index (χ3v) is 17.3. The lowest BCUT2D eigenvalue weighted by Crippen LogP contribution is -2.66. The van der Waals surface area contributed by atoms with E-state index >= 15 is 0 Å². The van der Waals surface area contributed by atoms with Crippen molar-refractivity contribution in [2.75, 3.05) is 13.7 Å². The fourth-order valence-electron chi connectivity index (χ4n) is 3.58. The van der Waals surface area contributed by atoms with Crippen LogP contribution in [0.15, 0.2) is 0 Å². The highest BCUT2D eigenvalue weighted by atomic mass is 28.4.